The summed E-state index contributed by atoms with van der Waals surface area (Å²) in [5.74, 6) is -2.63. The van der Waals surface area contributed by atoms with E-state index in [0.717, 1.165) is 6.07 Å². The molecule has 0 aliphatic carbocycles. The Kier molecular flexibility index (Phi) is 6.98. The number of non-ortho nitro benzene ring substituents is 1. The number of aromatic carboxylic acids is 1. The van der Waals surface area contributed by atoms with E-state index in [-0.39, 0.29) is 34.1 Å². The van der Waals surface area contributed by atoms with Gasteiger partial charge in [-0.3, -0.25) is 25.0 Å². The van der Waals surface area contributed by atoms with Gasteiger partial charge in [-0.05, 0) is 47.5 Å². The second kappa shape index (κ2) is 10.3. The number of nitrogens with zero attached hydrogens (tertiary/aromatic N) is 2. The SMILES string of the molecule is O=C1NC(=O)N(c2cccc([N+](=O)[O-])c2)C(=O)/C1=C/c1ccc(OCc2ccc(C(=O)O)cc2)c(Cl)c1. The number of hydrogen-bond acceptors (Lipinski definition) is 7. The summed E-state index contributed by atoms with van der Waals surface area (Å²) in [6.07, 6.45) is 1.23. The zero-order chi connectivity index (χ0) is 26.7. The number of nitro benzene ring substituents is 1. The molecule has 1 heterocycles. The van der Waals surface area contributed by atoms with Crippen molar-refractivity contribution in [1.82, 2.24) is 5.32 Å². The van der Waals surface area contributed by atoms with Gasteiger partial charge in [0, 0.05) is 12.1 Å². The minimum Gasteiger partial charge on any atom is -0.487 e. The monoisotopic (exact) mass is 521 g/mol. The summed E-state index contributed by atoms with van der Waals surface area (Å²) in [7, 11) is 0. The number of nitro groups is 1. The molecule has 0 radical (unpaired) electrons. The minimum absolute atomic E-state index is 0.0757. The van der Waals surface area contributed by atoms with E-state index >= 15 is 0 Å². The van der Waals surface area contributed by atoms with Crippen LogP contribution in [-0.2, 0) is 16.2 Å². The predicted octanol–water partition coefficient (Wildman–Crippen LogP) is 4.19. The summed E-state index contributed by atoms with van der Waals surface area (Å²) in [4.78, 5) is 59.8. The van der Waals surface area contributed by atoms with E-state index in [1.165, 1.54) is 54.6 Å². The van der Waals surface area contributed by atoms with Gasteiger partial charge < -0.3 is 9.84 Å². The maximum Gasteiger partial charge on any atom is 0.335 e. The van der Waals surface area contributed by atoms with Gasteiger partial charge in [-0.25, -0.2) is 14.5 Å². The number of carboxylic acids is 1. The van der Waals surface area contributed by atoms with Crippen molar-refractivity contribution in [1.29, 1.82) is 0 Å². The summed E-state index contributed by atoms with van der Waals surface area (Å²) < 4.78 is 5.68. The molecule has 2 N–H and O–H groups in total. The molecule has 1 aliphatic heterocycles. The maximum absolute atomic E-state index is 13.0. The fourth-order valence-corrected chi connectivity index (χ4v) is 3.68. The summed E-state index contributed by atoms with van der Waals surface area (Å²) in [6.45, 7) is 0.112. The fourth-order valence-electron chi connectivity index (χ4n) is 3.43. The first kappa shape index (κ1) is 25.1. The van der Waals surface area contributed by atoms with Gasteiger partial charge in [-0.15, -0.1) is 0 Å². The molecule has 12 heteroatoms. The lowest BCUT2D eigenvalue weighted by molar-refractivity contribution is -0.384. The Morgan fingerprint density at radius 2 is 1.81 bits per heavy atom. The molecule has 1 saturated heterocycles. The van der Waals surface area contributed by atoms with Gasteiger partial charge >= 0.3 is 12.0 Å². The third-order valence-corrected chi connectivity index (χ3v) is 5.56. The van der Waals surface area contributed by atoms with E-state index in [4.69, 9.17) is 21.4 Å². The molecular formula is C25H16ClN3O8. The molecule has 4 rings (SSSR count). The van der Waals surface area contributed by atoms with Crippen LogP contribution in [0, 0.1) is 10.1 Å². The van der Waals surface area contributed by atoms with Crippen molar-refractivity contribution < 1.29 is 33.9 Å². The molecule has 186 valence electrons. The van der Waals surface area contributed by atoms with E-state index in [1.54, 1.807) is 12.1 Å². The Balaban J connectivity index is 1.54. The average molecular weight is 522 g/mol. The van der Waals surface area contributed by atoms with Crippen molar-refractivity contribution in [2.75, 3.05) is 4.90 Å². The highest BCUT2D eigenvalue weighted by Gasteiger charge is 2.37. The van der Waals surface area contributed by atoms with E-state index in [2.05, 4.69) is 0 Å². The highest BCUT2D eigenvalue weighted by atomic mass is 35.5. The molecule has 0 saturated carbocycles. The van der Waals surface area contributed by atoms with Crippen molar-refractivity contribution in [3.8, 4) is 5.75 Å². The quantitative estimate of drug-likeness (QED) is 0.203. The van der Waals surface area contributed by atoms with Crippen LogP contribution in [0.4, 0.5) is 16.2 Å². The van der Waals surface area contributed by atoms with Crippen LogP contribution in [0.3, 0.4) is 0 Å². The highest BCUT2D eigenvalue weighted by molar-refractivity contribution is 6.39. The van der Waals surface area contributed by atoms with E-state index in [0.29, 0.717) is 21.8 Å². The Morgan fingerprint density at radius 3 is 2.46 bits per heavy atom. The number of hydrogen-bond donors (Lipinski definition) is 2. The Hall–Kier alpha value is -5.03. The number of imide groups is 2. The van der Waals surface area contributed by atoms with Gasteiger partial charge in [0.25, 0.3) is 17.5 Å². The number of ether oxygens (including phenoxy) is 1. The molecule has 3 aromatic carbocycles. The molecule has 3 aromatic rings. The largest absolute Gasteiger partial charge is 0.487 e. The number of halogens is 1. The molecular weight excluding hydrogens is 506 g/mol. The lowest BCUT2D eigenvalue weighted by atomic mass is 10.1. The van der Waals surface area contributed by atoms with Crippen LogP contribution in [0.15, 0.2) is 72.3 Å². The third kappa shape index (κ3) is 5.46. The summed E-state index contributed by atoms with van der Waals surface area (Å²) in [6, 6.07) is 14.5. The van der Waals surface area contributed by atoms with Crippen molar-refractivity contribution in [2.45, 2.75) is 6.61 Å². The molecule has 4 amide bonds. The summed E-state index contributed by atoms with van der Waals surface area (Å²) in [5, 5.41) is 22.3. The highest BCUT2D eigenvalue weighted by Crippen LogP contribution is 2.29. The standard InChI is InChI=1S/C25H16ClN3O8/c26-20-11-15(6-9-21(20)37-13-14-4-7-16(8-5-14)24(32)33)10-19-22(30)27-25(34)28(23(19)31)17-2-1-3-18(12-17)29(35)36/h1-12H,13H2,(H,32,33)(H,27,30,34)/b19-10+. The molecule has 37 heavy (non-hydrogen) atoms. The zero-order valence-corrected chi connectivity index (χ0v) is 19.5. The Morgan fingerprint density at radius 1 is 1.08 bits per heavy atom. The number of rotatable bonds is 7. The number of urea groups is 1. The average Bonchev–Trinajstić information content (AvgIpc) is 2.86. The molecule has 0 aromatic heterocycles. The van der Waals surface area contributed by atoms with Crippen molar-refractivity contribution in [3.63, 3.8) is 0 Å². The van der Waals surface area contributed by atoms with Crippen LogP contribution < -0.4 is 15.0 Å². The van der Waals surface area contributed by atoms with Crippen LogP contribution in [0.5, 0.6) is 5.75 Å². The normalized spacial score (nSPS) is 14.5. The van der Waals surface area contributed by atoms with Crippen LogP contribution in [0.1, 0.15) is 21.5 Å². The molecule has 1 aliphatic rings. The number of nitrogens with one attached hydrogen (secondary N) is 1. The van der Waals surface area contributed by atoms with Crippen LogP contribution >= 0.6 is 11.6 Å². The van der Waals surface area contributed by atoms with Gasteiger partial charge in [-0.1, -0.05) is 35.9 Å². The second-order valence-electron chi connectivity index (χ2n) is 7.72. The van der Waals surface area contributed by atoms with Gasteiger partial charge in [0.1, 0.15) is 17.9 Å². The molecule has 1 fully saturated rings. The summed E-state index contributed by atoms with van der Waals surface area (Å²) >= 11 is 6.30. The number of benzene rings is 3. The number of carbonyl (C=O) groups excluding carboxylic acids is 3. The first-order valence-corrected chi connectivity index (χ1v) is 10.9. The van der Waals surface area contributed by atoms with Gasteiger partial charge in [0.05, 0.1) is 21.2 Å². The molecule has 0 unspecified atom stereocenters. The maximum atomic E-state index is 13.0. The molecule has 11 nitrogen and oxygen atoms in total. The van der Waals surface area contributed by atoms with Crippen molar-refractivity contribution in [3.05, 3.63) is 104 Å². The van der Waals surface area contributed by atoms with Crippen molar-refractivity contribution in [2.24, 2.45) is 0 Å². The first-order valence-electron chi connectivity index (χ1n) is 10.5. The molecule has 0 bridgehead atoms. The van der Waals surface area contributed by atoms with E-state index in [1.807, 2.05) is 5.32 Å². The van der Waals surface area contributed by atoms with Crippen LogP contribution in [0.2, 0.25) is 5.02 Å². The second-order valence-corrected chi connectivity index (χ2v) is 8.12. The smallest absolute Gasteiger partial charge is 0.335 e. The molecule has 0 atom stereocenters. The number of amides is 4. The van der Waals surface area contributed by atoms with Gasteiger partial charge in [0.15, 0.2) is 0 Å². The van der Waals surface area contributed by atoms with Crippen molar-refractivity contribution >= 4 is 52.9 Å². The number of anilines is 1. The zero-order valence-electron chi connectivity index (χ0n) is 18.7. The first-order chi connectivity index (χ1) is 17.6. The topological polar surface area (TPSA) is 156 Å². The Labute approximate surface area is 213 Å². The molecule has 0 spiro atoms. The minimum atomic E-state index is -1.04. The lowest BCUT2D eigenvalue weighted by Crippen LogP contribution is -2.54. The predicted molar refractivity (Wildman–Crippen MR) is 131 cm³/mol. The van der Waals surface area contributed by atoms with Crippen LogP contribution in [-0.4, -0.2) is 33.8 Å². The van der Waals surface area contributed by atoms with Gasteiger partial charge in [-0.2, -0.15) is 0 Å². The van der Waals surface area contributed by atoms with Crippen LogP contribution in [0.25, 0.3) is 6.08 Å². The Bertz CT molecular complexity index is 1480. The summed E-state index contributed by atoms with van der Waals surface area (Å²) in [5.41, 5.74) is 0.423. The van der Waals surface area contributed by atoms with E-state index < -0.39 is 28.7 Å². The number of barbiturate groups is 1. The fraction of sp³-hybridized carbons (Fsp3) is 0.0400. The lowest BCUT2D eigenvalue weighted by Gasteiger charge is -2.26. The van der Waals surface area contributed by atoms with E-state index in [9.17, 15) is 29.3 Å². The third-order valence-electron chi connectivity index (χ3n) is 5.26. The number of carboxylic acid groups (broad SMARTS) is 1. The van der Waals surface area contributed by atoms with Gasteiger partial charge in [0.2, 0.25) is 0 Å². The number of carbonyl (C=O) groups is 4.